The molecule has 1 fully saturated rings. The summed E-state index contributed by atoms with van der Waals surface area (Å²) in [5.74, 6) is 0. The fourth-order valence-electron chi connectivity index (χ4n) is 2.44. The first kappa shape index (κ1) is 9.75. The van der Waals surface area contributed by atoms with Gasteiger partial charge in [0.05, 0.1) is 0 Å². The van der Waals surface area contributed by atoms with E-state index in [1.54, 1.807) is 0 Å². The van der Waals surface area contributed by atoms with Crippen LogP contribution in [-0.4, -0.2) is 16.5 Å². The maximum absolute atomic E-state index is 12.0. The average molecular weight is 193 g/mol. The highest BCUT2D eigenvalue weighted by atomic mass is 16.5. The summed E-state index contributed by atoms with van der Waals surface area (Å²) in [4.78, 5) is 0. The van der Waals surface area contributed by atoms with E-state index in [1.807, 2.05) is 6.08 Å². The molecule has 0 unspecified atom stereocenters. The number of hydrogen-bond donors (Lipinski definition) is 0. The lowest BCUT2D eigenvalue weighted by molar-refractivity contribution is -0.506. The first-order chi connectivity index (χ1) is 6.88. The smallest absolute Gasteiger partial charge is 0.186 e. The van der Waals surface area contributed by atoms with E-state index < -0.39 is 0 Å². The van der Waals surface area contributed by atoms with Crippen molar-refractivity contribution < 1.29 is 4.74 Å². The Kier molecular flexibility index (Phi) is 3.22. The van der Waals surface area contributed by atoms with E-state index in [0.29, 0.717) is 0 Å². The molecule has 2 aliphatic carbocycles. The van der Waals surface area contributed by atoms with Crippen LogP contribution in [0.15, 0.2) is 12.2 Å². The Balaban J connectivity index is 2.07. The number of rotatable bonds is 1. The van der Waals surface area contributed by atoms with Crippen LogP contribution < -0.4 is 0 Å². The first-order valence-corrected chi connectivity index (χ1v) is 5.86. The van der Waals surface area contributed by atoms with E-state index in [9.17, 15) is 5.21 Å². The van der Waals surface area contributed by atoms with Crippen LogP contribution in [0.25, 0.3) is 0 Å². The summed E-state index contributed by atoms with van der Waals surface area (Å²) in [5, 5.41) is 12.0. The van der Waals surface area contributed by atoms with Crippen LogP contribution in [0.2, 0.25) is 0 Å². The molecule has 0 aliphatic heterocycles. The molecule has 0 N–H and O–H groups in total. The normalized spacial score (nSPS) is 27.7. The van der Waals surface area contributed by atoms with E-state index in [1.165, 1.54) is 24.0 Å². The standard InChI is InChI=1S/C12H19NO/c14-13(11-7-3-1-4-8-11)12-9-5-2-6-10-12/h3,7,12H,1-2,4-6,8-10H2/b13-11-. The second kappa shape index (κ2) is 4.63. The van der Waals surface area contributed by atoms with Crippen molar-refractivity contribution in [1.29, 1.82) is 0 Å². The summed E-state index contributed by atoms with van der Waals surface area (Å²) in [6, 6.07) is 0.279. The molecule has 0 atom stereocenters. The SMILES string of the molecule is [O-]/[N+](=C1/C=CCCC1)C1CCCCC1. The van der Waals surface area contributed by atoms with Gasteiger partial charge in [0.2, 0.25) is 0 Å². The van der Waals surface area contributed by atoms with Crippen LogP contribution in [-0.2, 0) is 0 Å². The topological polar surface area (TPSA) is 26.1 Å². The lowest BCUT2D eigenvalue weighted by Gasteiger charge is -2.23. The van der Waals surface area contributed by atoms with E-state index >= 15 is 0 Å². The van der Waals surface area contributed by atoms with Crippen molar-refractivity contribution in [1.82, 2.24) is 0 Å². The highest BCUT2D eigenvalue weighted by Gasteiger charge is 2.22. The highest BCUT2D eigenvalue weighted by molar-refractivity contribution is 5.91. The molecule has 0 aromatic heterocycles. The molecule has 0 radical (unpaired) electrons. The summed E-state index contributed by atoms with van der Waals surface area (Å²) in [7, 11) is 0. The molecule has 14 heavy (non-hydrogen) atoms. The Hall–Kier alpha value is -0.790. The Labute approximate surface area is 85.9 Å². The van der Waals surface area contributed by atoms with Crippen LogP contribution in [0.1, 0.15) is 51.4 Å². The largest absolute Gasteiger partial charge is 0.623 e. The van der Waals surface area contributed by atoms with Crippen LogP contribution in [0.4, 0.5) is 0 Å². The molecule has 2 heteroatoms. The predicted molar refractivity (Wildman–Crippen MR) is 58.5 cm³/mol. The van der Waals surface area contributed by atoms with Gasteiger partial charge in [-0.05, 0) is 25.7 Å². The number of nitrogens with zero attached hydrogens (tertiary/aromatic N) is 1. The lowest BCUT2D eigenvalue weighted by Crippen LogP contribution is -2.29. The summed E-state index contributed by atoms with van der Waals surface area (Å²) in [6.45, 7) is 0. The van der Waals surface area contributed by atoms with E-state index in [0.717, 1.165) is 37.8 Å². The van der Waals surface area contributed by atoms with Crippen molar-refractivity contribution >= 4 is 5.71 Å². The minimum atomic E-state index is 0.279. The zero-order chi connectivity index (χ0) is 9.80. The Morgan fingerprint density at radius 3 is 2.57 bits per heavy atom. The third kappa shape index (κ3) is 2.17. The van der Waals surface area contributed by atoms with Gasteiger partial charge < -0.3 is 5.21 Å². The van der Waals surface area contributed by atoms with Crippen molar-refractivity contribution in [2.24, 2.45) is 0 Å². The molecule has 0 heterocycles. The third-order valence-electron chi connectivity index (χ3n) is 3.30. The first-order valence-electron chi connectivity index (χ1n) is 5.86. The molecular formula is C12H19NO. The predicted octanol–water partition coefficient (Wildman–Crippen LogP) is 3.01. The number of hydroxylamine groups is 1. The molecule has 0 spiro atoms. The van der Waals surface area contributed by atoms with E-state index in [4.69, 9.17) is 0 Å². The van der Waals surface area contributed by atoms with Gasteiger partial charge >= 0.3 is 0 Å². The van der Waals surface area contributed by atoms with Crippen LogP contribution in [0.5, 0.6) is 0 Å². The summed E-state index contributed by atoms with van der Waals surface area (Å²) < 4.78 is 1.30. The molecular weight excluding hydrogens is 174 g/mol. The maximum Gasteiger partial charge on any atom is 0.186 e. The fourth-order valence-corrected chi connectivity index (χ4v) is 2.44. The van der Waals surface area contributed by atoms with Gasteiger partial charge in [-0.25, -0.2) is 4.74 Å². The van der Waals surface area contributed by atoms with Gasteiger partial charge in [0.1, 0.15) is 0 Å². The minimum absolute atomic E-state index is 0.279. The molecule has 2 aliphatic rings. The number of allylic oxidation sites excluding steroid dienone is 2. The van der Waals surface area contributed by atoms with Gasteiger partial charge in [-0.3, -0.25) is 0 Å². The summed E-state index contributed by atoms with van der Waals surface area (Å²) in [6.07, 6.45) is 13.4. The van der Waals surface area contributed by atoms with E-state index in [-0.39, 0.29) is 6.04 Å². The quantitative estimate of drug-likeness (QED) is 0.357. The molecule has 0 amide bonds. The molecule has 78 valence electrons. The van der Waals surface area contributed by atoms with Gasteiger partial charge in [-0.2, -0.15) is 0 Å². The molecule has 0 aromatic rings. The Bertz CT molecular complexity index is 249. The Morgan fingerprint density at radius 2 is 1.93 bits per heavy atom. The van der Waals surface area contributed by atoms with Gasteiger partial charge in [-0.15, -0.1) is 0 Å². The second-order valence-electron chi connectivity index (χ2n) is 4.40. The van der Waals surface area contributed by atoms with Crippen molar-refractivity contribution in [2.45, 2.75) is 57.4 Å². The third-order valence-corrected chi connectivity index (χ3v) is 3.30. The summed E-state index contributed by atoms with van der Waals surface area (Å²) in [5.41, 5.74) is 1.02. The summed E-state index contributed by atoms with van der Waals surface area (Å²) >= 11 is 0. The molecule has 0 aromatic carbocycles. The molecule has 2 nitrogen and oxygen atoms in total. The molecule has 1 saturated carbocycles. The lowest BCUT2D eigenvalue weighted by atomic mass is 9.95. The van der Waals surface area contributed by atoms with Gasteiger partial charge in [0, 0.05) is 25.3 Å². The number of hydrogen-bond acceptors (Lipinski definition) is 1. The molecule has 2 rings (SSSR count). The fraction of sp³-hybridized carbons (Fsp3) is 0.750. The minimum Gasteiger partial charge on any atom is -0.623 e. The van der Waals surface area contributed by atoms with Crippen LogP contribution in [0, 0.1) is 5.21 Å². The van der Waals surface area contributed by atoms with Gasteiger partial charge in [0.15, 0.2) is 11.8 Å². The maximum atomic E-state index is 12.0. The van der Waals surface area contributed by atoms with Crippen LogP contribution in [0.3, 0.4) is 0 Å². The average Bonchev–Trinajstić information content (AvgIpc) is 2.30. The Morgan fingerprint density at radius 1 is 1.14 bits per heavy atom. The van der Waals surface area contributed by atoms with E-state index in [2.05, 4.69) is 6.08 Å². The highest BCUT2D eigenvalue weighted by Crippen LogP contribution is 2.21. The van der Waals surface area contributed by atoms with Crippen molar-refractivity contribution in [3.63, 3.8) is 0 Å². The monoisotopic (exact) mass is 193 g/mol. The van der Waals surface area contributed by atoms with Gasteiger partial charge in [-0.1, -0.05) is 12.5 Å². The van der Waals surface area contributed by atoms with Crippen molar-refractivity contribution in [3.05, 3.63) is 17.4 Å². The zero-order valence-corrected chi connectivity index (χ0v) is 8.74. The molecule has 0 bridgehead atoms. The van der Waals surface area contributed by atoms with Gasteiger partial charge in [0.25, 0.3) is 0 Å². The van der Waals surface area contributed by atoms with Crippen molar-refractivity contribution in [3.8, 4) is 0 Å². The zero-order valence-electron chi connectivity index (χ0n) is 8.74. The van der Waals surface area contributed by atoms with Crippen molar-refractivity contribution in [2.75, 3.05) is 0 Å². The van der Waals surface area contributed by atoms with Crippen LogP contribution >= 0.6 is 0 Å². The second-order valence-corrected chi connectivity index (χ2v) is 4.40. The molecule has 0 saturated heterocycles.